The minimum absolute atomic E-state index is 0.123. The predicted molar refractivity (Wildman–Crippen MR) is 104 cm³/mol. The second-order valence-electron chi connectivity index (χ2n) is 7.00. The van der Waals surface area contributed by atoms with Crippen LogP contribution in [0.25, 0.3) is 0 Å². The SMILES string of the molecule is COc1ccc(CN2CCN(c3ccc4c(c3)CCC(=O)N4)CC2)cc1. The van der Waals surface area contributed by atoms with Crippen LogP contribution >= 0.6 is 0 Å². The largest absolute Gasteiger partial charge is 0.497 e. The fraction of sp³-hybridized carbons (Fsp3) is 0.381. The van der Waals surface area contributed by atoms with Crippen LogP contribution in [0.1, 0.15) is 17.5 Å². The summed E-state index contributed by atoms with van der Waals surface area (Å²) in [6.07, 6.45) is 1.43. The summed E-state index contributed by atoms with van der Waals surface area (Å²) in [5, 5.41) is 2.96. The van der Waals surface area contributed by atoms with Crippen LogP contribution < -0.4 is 15.0 Å². The van der Waals surface area contributed by atoms with Gasteiger partial charge >= 0.3 is 0 Å². The maximum atomic E-state index is 11.5. The van der Waals surface area contributed by atoms with Gasteiger partial charge < -0.3 is 15.0 Å². The first-order valence-corrected chi connectivity index (χ1v) is 9.24. The van der Waals surface area contributed by atoms with Gasteiger partial charge in [-0.2, -0.15) is 0 Å². The highest BCUT2D eigenvalue weighted by atomic mass is 16.5. The van der Waals surface area contributed by atoms with Crippen LogP contribution in [0.15, 0.2) is 42.5 Å². The monoisotopic (exact) mass is 351 g/mol. The van der Waals surface area contributed by atoms with E-state index in [1.165, 1.54) is 16.8 Å². The summed E-state index contributed by atoms with van der Waals surface area (Å²) < 4.78 is 5.22. The number of rotatable bonds is 4. The number of aryl methyl sites for hydroxylation is 1. The zero-order valence-electron chi connectivity index (χ0n) is 15.2. The number of hydrogen-bond donors (Lipinski definition) is 1. The third-order valence-electron chi connectivity index (χ3n) is 5.29. The van der Waals surface area contributed by atoms with Gasteiger partial charge in [-0.05, 0) is 47.9 Å². The highest BCUT2D eigenvalue weighted by molar-refractivity contribution is 5.94. The van der Waals surface area contributed by atoms with Crippen molar-refractivity contribution in [2.75, 3.05) is 43.5 Å². The van der Waals surface area contributed by atoms with Crippen LogP contribution in [-0.2, 0) is 17.8 Å². The number of anilines is 2. The first-order chi connectivity index (χ1) is 12.7. The average Bonchev–Trinajstić information content (AvgIpc) is 2.69. The molecule has 2 aromatic carbocycles. The van der Waals surface area contributed by atoms with Crippen LogP contribution in [0.4, 0.5) is 11.4 Å². The van der Waals surface area contributed by atoms with Crippen molar-refractivity contribution in [3.8, 4) is 5.75 Å². The number of ether oxygens (including phenoxy) is 1. The van der Waals surface area contributed by atoms with Crippen molar-refractivity contribution >= 4 is 17.3 Å². The smallest absolute Gasteiger partial charge is 0.224 e. The Bertz CT molecular complexity index is 780. The van der Waals surface area contributed by atoms with E-state index in [2.05, 4.69) is 39.4 Å². The van der Waals surface area contributed by atoms with Crippen LogP contribution in [0, 0.1) is 0 Å². The minimum Gasteiger partial charge on any atom is -0.497 e. The molecular formula is C21H25N3O2. The Balaban J connectivity index is 1.35. The molecule has 1 saturated heterocycles. The molecule has 1 fully saturated rings. The zero-order valence-corrected chi connectivity index (χ0v) is 15.2. The topological polar surface area (TPSA) is 44.8 Å². The fourth-order valence-corrected chi connectivity index (χ4v) is 3.72. The fourth-order valence-electron chi connectivity index (χ4n) is 3.72. The highest BCUT2D eigenvalue weighted by Gasteiger charge is 2.20. The van der Waals surface area contributed by atoms with Gasteiger partial charge in [0.2, 0.25) is 5.91 Å². The summed E-state index contributed by atoms with van der Waals surface area (Å²) in [5.41, 5.74) is 4.82. The number of carbonyl (C=O) groups is 1. The van der Waals surface area contributed by atoms with E-state index in [0.29, 0.717) is 6.42 Å². The second kappa shape index (κ2) is 7.38. The van der Waals surface area contributed by atoms with Crippen LogP contribution in [0.2, 0.25) is 0 Å². The number of piperazine rings is 1. The summed E-state index contributed by atoms with van der Waals surface area (Å²) in [6, 6.07) is 14.8. The number of methoxy groups -OCH3 is 1. The third kappa shape index (κ3) is 3.68. The molecule has 0 radical (unpaired) electrons. The molecule has 0 aromatic heterocycles. The lowest BCUT2D eigenvalue weighted by Gasteiger charge is -2.36. The average molecular weight is 351 g/mol. The molecule has 2 aliphatic rings. The molecule has 0 aliphatic carbocycles. The molecule has 136 valence electrons. The highest BCUT2D eigenvalue weighted by Crippen LogP contribution is 2.28. The maximum absolute atomic E-state index is 11.5. The van der Waals surface area contributed by atoms with E-state index in [-0.39, 0.29) is 5.91 Å². The van der Waals surface area contributed by atoms with Gasteiger partial charge in [0.15, 0.2) is 0 Å². The molecule has 0 saturated carbocycles. The van der Waals surface area contributed by atoms with E-state index in [9.17, 15) is 4.79 Å². The van der Waals surface area contributed by atoms with Gasteiger partial charge in [0.05, 0.1) is 7.11 Å². The lowest BCUT2D eigenvalue weighted by Crippen LogP contribution is -2.46. The molecule has 2 aliphatic heterocycles. The molecule has 26 heavy (non-hydrogen) atoms. The minimum atomic E-state index is 0.123. The molecule has 4 rings (SSSR count). The van der Waals surface area contributed by atoms with Crippen molar-refractivity contribution in [1.29, 1.82) is 0 Å². The molecule has 5 nitrogen and oxygen atoms in total. The zero-order chi connectivity index (χ0) is 17.9. The second-order valence-corrected chi connectivity index (χ2v) is 7.00. The molecule has 2 heterocycles. The van der Waals surface area contributed by atoms with E-state index >= 15 is 0 Å². The quantitative estimate of drug-likeness (QED) is 0.920. The Labute approximate surface area is 154 Å². The first-order valence-electron chi connectivity index (χ1n) is 9.24. The van der Waals surface area contributed by atoms with Crippen LogP contribution in [0.5, 0.6) is 5.75 Å². The van der Waals surface area contributed by atoms with Crippen molar-refractivity contribution in [3.05, 3.63) is 53.6 Å². The van der Waals surface area contributed by atoms with Gasteiger partial charge in [-0.3, -0.25) is 9.69 Å². The molecule has 0 bridgehead atoms. The Morgan fingerprint density at radius 2 is 1.77 bits per heavy atom. The van der Waals surface area contributed by atoms with Gasteiger partial charge in [-0.1, -0.05) is 12.1 Å². The summed E-state index contributed by atoms with van der Waals surface area (Å²) >= 11 is 0. The number of fused-ring (bicyclic) bond motifs is 1. The van der Waals surface area contributed by atoms with Crippen molar-refractivity contribution in [2.45, 2.75) is 19.4 Å². The van der Waals surface area contributed by atoms with Crippen LogP contribution in [0.3, 0.4) is 0 Å². The van der Waals surface area contributed by atoms with E-state index in [0.717, 1.165) is 50.6 Å². The lowest BCUT2D eigenvalue weighted by molar-refractivity contribution is -0.116. The molecule has 0 spiro atoms. The van der Waals surface area contributed by atoms with Crippen LogP contribution in [-0.4, -0.2) is 44.1 Å². The Kier molecular flexibility index (Phi) is 4.80. The van der Waals surface area contributed by atoms with E-state index in [1.54, 1.807) is 7.11 Å². The molecule has 1 amide bonds. The standard InChI is InChI=1S/C21H25N3O2/c1-26-19-6-2-16(3-7-19)15-23-10-12-24(13-11-23)18-5-8-20-17(14-18)4-9-21(25)22-20/h2-3,5-8,14H,4,9-13,15H2,1H3,(H,22,25). The van der Waals surface area contributed by atoms with E-state index < -0.39 is 0 Å². The number of carbonyl (C=O) groups excluding carboxylic acids is 1. The molecule has 5 heteroatoms. The van der Waals surface area contributed by atoms with Crippen molar-refractivity contribution < 1.29 is 9.53 Å². The van der Waals surface area contributed by atoms with Gasteiger partial charge in [0, 0.05) is 50.5 Å². The maximum Gasteiger partial charge on any atom is 0.224 e. The first kappa shape index (κ1) is 16.9. The Morgan fingerprint density at radius 1 is 1.00 bits per heavy atom. The number of benzene rings is 2. The molecule has 0 unspecified atom stereocenters. The molecule has 2 aromatic rings. The summed E-state index contributed by atoms with van der Waals surface area (Å²) in [7, 11) is 1.70. The number of nitrogens with one attached hydrogen (secondary N) is 1. The van der Waals surface area contributed by atoms with Gasteiger partial charge in [-0.25, -0.2) is 0 Å². The van der Waals surface area contributed by atoms with Crippen molar-refractivity contribution in [1.82, 2.24) is 4.90 Å². The van der Waals surface area contributed by atoms with Gasteiger partial charge in [0.25, 0.3) is 0 Å². The van der Waals surface area contributed by atoms with Gasteiger partial charge in [-0.15, -0.1) is 0 Å². The van der Waals surface area contributed by atoms with Gasteiger partial charge in [0.1, 0.15) is 5.75 Å². The summed E-state index contributed by atoms with van der Waals surface area (Å²) in [6.45, 7) is 5.15. The third-order valence-corrected chi connectivity index (χ3v) is 5.29. The van der Waals surface area contributed by atoms with Crippen molar-refractivity contribution in [3.63, 3.8) is 0 Å². The number of hydrogen-bond acceptors (Lipinski definition) is 4. The molecule has 1 N–H and O–H groups in total. The lowest BCUT2D eigenvalue weighted by atomic mass is 10.0. The van der Waals surface area contributed by atoms with Crippen molar-refractivity contribution in [2.24, 2.45) is 0 Å². The van der Waals surface area contributed by atoms with E-state index in [4.69, 9.17) is 4.74 Å². The Morgan fingerprint density at radius 3 is 2.50 bits per heavy atom. The Hall–Kier alpha value is -2.53. The number of amides is 1. The molecule has 0 atom stereocenters. The van der Waals surface area contributed by atoms with E-state index in [1.807, 2.05) is 18.2 Å². The normalized spacial score (nSPS) is 17.6. The number of nitrogens with zero attached hydrogens (tertiary/aromatic N) is 2. The summed E-state index contributed by atoms with van der Waals surface area (Å²) in [4.78, 5) is 16.4. The summed E-state index contributed by atoms with van der Waals surface area (Å²) in [5.74, 6) is 1.03. The predicted octanol–water partition coefficient (Wildman–Crippen LogP) is 2.90. The molecular weight excluding hydrogens is 326 g/mol.